The monoisotopic (exact) mass is 172 g/mol. The van der Waals surface area contributed by atoms with Crippen LogP contribution >= 0.6 is 0 Å². The molecule has 12 heavy (non-hydrogen) atoms. The molecular formula is C8H16N2O2. The molecule has 0 radical (unpaired) electrons. The van der Waals surface area contributed by atoms with Gasteiger partial charge in [-0.3, -0.25) is 4.79 Å². The predicted octanol–water partition coefficient (Wildman–Crippen LogP) is -0.562. The van der Waals surface area contributed by atoms with Gasteiger partial charge >= 0.3 is 5.97 Å². The standard InChI is InChI=1S/C8H16N2O2/c1-10-4-3-7(9)6(5-10)8(11)12-2/h6-7H,3-5,9H2,1-2H3/t6-,7-/m1/s1. The van der Waals surface area contributed by atoms with E-state index in [9.17, 15) is 4.79 Å². The molecule has 0 aromatic carbocycles. The van der Waals surface area contributed by atoms with Crippen LogP contribution in [-0.4, -0.2) is 44.2 Å². The van der Waals surface area contributed by atoms with Crippen LogP contribution in [0.2, 0.25) is 0 Å². The molecule has 0 aromatic rings. The molecule has 2 atom stereocenters. The highest BCUT2D eigenvalue weighted by Gasteiger charge is 2.31. The Morgan fingerprint density at radius 1 is 1.67 bits per heavy atom. The second-order valence-electron chi connectivity index (χ2n) is 3.34. The van der Waals surface area contributed by atoms with Crippen LogP contribution in [-0.2, 0) is 9.53 Å². The molecule has 1 aliphatic rings. The zero-order valence-corrected chi connectivity index (χ0v) is 7.62. The van der Waals surface area contributed by atoms with Gasteiger partial charge < -0.3 is 15.4 Å². The minimum atomic E-state index is -0.186. The lowest BCUT2D eigenvalue weighted by atomic mass is 9.93. The lowest BCUT2D eigenvalue weighted by molar-refractivity contribution is -0.147. The number of ether oxygens (including phenoxy) is 1. The van der Waals surface area contributed by atoms with Crippen LogP contribution in [0.15, 0.2) is 0 Å². The van der Waals surface area contributed by atoms with Gasteiger partial charge in [0.1, 0.15) is 0 Å². The lowest BCUT2D eigenvalue weighted by Gasteiger charge is -2.32. The number of carbonyl (C=O) groups excluding carboxylic acids is 1. The number of nitrogens with zero attached hydrogens (tertiary/aromatic N) is 1. The Bertz CT molecular complexity index is 172. The maximum atomic E-state index is 11.2. The number of carbonyl (C=O) groups is 1. The van der Waals surface area contributed by atoms with E-state index in [1.165, 1.54) is 7.11 Å². The predicted molar refractivity (Wildman–Crippen MR) is 45.6 cm³/mol. The van der Waals surface area contributed by atoms with Crippen LogP contribution in [0.1, 0.15) is 6.42 Å². The number of methoxy groups -OCH3 is 1. The number of likely N-dealkylation sites (tertiary alicyclic amines) is 1. The van der Waals surface area contributed by atoms with E-state index in [4.69, 9.17) is 5.73 Å². The van der Waals surface area contributed by atoms with E-state index in [-0.39, 0.29) is 17.9 Å². The van der Waals surface area contributed by atoms with Crippen molar-refractivity contribution in [3.63, 3.8) is 0 Å². The van der Waals surface area contributed by atoms with Gasteiger partial charge in [-0.15, -0.1) is 0 Å². The van der Waals surface area contributed by atoms with Crippen LogP contribution in [0.3, 0.4) is 0 Å². The molecule has 0 spiro atoms. The first-order chi connectivity index (χ1) is 5.65. The van der Waals surface area contributed by atoms with Gasteiger partial charge in [0.25, 0.3) is 0 Å². The molecule has 0 bridgehead atoms. The average molecular weight is 172 g/mol. The van der Waals surface area contributed by atoms with E-state index in [2.05, 4.69) is 9.64 Å². The Kier molecular flexibility index (Phi) is 3.05. The first kappa shape index (κ1) is 9.48. The smallest absolute Gasteiger partial charge is 0.311 e. The van der Waals surface area contributed by atoms with Gasteiger partial charge in [0.05, 0.1) is 13.0 Å². The normalized spacial score (nSPS) is 31.6. The van der Waals surface area contributed by atoms with Gasteiger partial charge in [-0.25, -0.2) is 0 Å². The number of nitrogens with two attached hydrogens (primary N) is 1. The third-order valence-corrected chi connectivity index (χ3v) is 2.37. The topological polar surface area (TPSA) is 55.6 Å². The number of rotatable bonds is 1. The number of piperidine rings is 1. The van der Waals surface area contributed by atoms with Gasteiger partial charge in [-0.1, -0.05) is 0 Å². The van der Waals surface area contributed by atoms with E-state index < -0.39 is 0 Å². The molecule has 0 unspecified atom stereocenters. The fraction of sp³-hybridized carbons (Fsp3) is 0.875. The summed E-state index contributed by atoms with van der Waals surface area (Å²) < 4.78 is 4.66. The number of esters is 1. The first-order valence-electron chi connectivity index (χ1n) is 4.17. The molecule has 2 N–H and O–H groups in total. The Balaban J connectivity index is 2.54. The van der Waals surface area contributed by atoms with Crippen molar-refractivity contribution in [3.05, 3.63) is 0 Å². The van der Waals surface area contributed by atoms with Crippen molar-refractivity contribution in [2.75, 3.05) is 27.2 Å². The Hall–Kier alpha value is -0.610. The van der Waals surface area contributed by atoms with Gasteiger partial charge in [0.15, 0.2) is 0 Å². The highest BCUT2D eigenvalue weighted by Crippen LogP contribution is 2.15. The summed E-state index contributed by atoms with van der Waals surface area (Å²) in [6.07, 6.45) is 0.871. The van der Waals surface area contributed by atoms with Crippen molar-refractivity contribution in [2.45, 2.75) is 12.5 Å². The molecular weight excluding hydrogens is 156 g/mol. The summed E-state index contributed by atoms with van der Waals surface area (Å²) in [7, 11) is 3.39. The maximum Gasteiger partial charge on any atom is 0.311 e. The molecule has 70 valence electrons. The van der Waals surface area contributed by atoms with E-state index >= 15 is 0 Å². The van der Waals surface area contributed by atoms with Crippen molar-refractivity contribution in [3.8, 4) is 0 Å². The molecule has 4 nitrogen and oxygen atoms in total. The second-order valence-corrected chi connectivity index (χ2v) is 3.34. The van der Waals surface area contributed by atoms with Crippen molar-refractivity contribution in [2.24, 2.45) is 11.7 Å². The summed E-state index contributed by atoms with van der Waals surface area (Å²) in [4.78, 5) is 13.3. The lowest BCUT2D eigenvalue weighted by Crippen LogP contribution is -2.49. The third kappa shape index (κ3) is 1.95. The van der Waals surface area contributed by atoms with E-state index in [1.54, 1.807) is 0 Å². The Morgan fingerprint density at radius 2 is 2.33 bits per heavy atom. The van der Waals surface area contributed by atoms with Gasteiger partial charge in [-0.05, 0) is 20.0 Å². The molecule has 1 heterocycles. The van der Waals surface area contributed by atoms with Crippen molar-refractivity contribution < 1.29 is 9.53 Å². The van der Waals surface area contributed by atoms with Gasteiger partial charge in [-0.2, -0.15) is 0 Å². The SMILES string of the molecule is COC(=O)[C@@H]1CN(C)CC[C@H]1N. The second kappa shape index (κ2) is 3.87. The minimum absolute atomic E-state index is 0.0337. The average Bonchev–Trinajstić information content (AvgIpc) is 2.08. The Labute approximate surface area is 72.7 Å². The molecule has 1 aliphatic heterocycles. The van der Waals surface area contributed by atoms with Crippen LogP contribution in [0, 0.1) is 5.92 Å². The number of hydrogen-bond donors (Lipinski definition) is 1. The van der Waals surface area contributed by atoms with E-state index in [0.29, 0.717) is 6.54 Å². The summed E-state index contributed by atoms with van der Waals surface area (Å²) in [5.74, 6) is -0.331. The van der Waals surface area contributed by atoms with Crippen LogP contribution in [0.4, 0.5) is 0 Å². The maximum absolute atomic E-state index is 11.2. The largest absolute Gasteiger partial charge is 0.469 e. The van der Waals surface area contributed by atoms with Crippen LogP contribution in [0.5, 0.6) is 0 Å². The quantitative estimate of drug-likeness (QED) is 0.539. The zero-order valence-electron chi connectivity index (χ0n) is 7.62. The van der Waals surface area contributed by atoms with Crippen molar-refractivity contribution >= 4 is 5.97 Å². The zero-order chi connectivity index (χ0) is 9.14. The highest BCUT2D eigenvalue weighted by molar-refractivity contribution is 5.73. The summed E-state index contributed by atoms with van der Waals surface area (Å²) in [6.45, 7) is 1.68. The molecule has 1 rings (SSSR count). The highest BCUT2D eigenvalue weighted by atomic mass is 16.5. The van der Waals surface area contributed by atoms with Gasteiger partial charge in [0, 0.05) is 12.6 Å². The van der Waals surface area contributed by atoms with E-state index in [1.807, 2.05) is 7.05 Å². The molecule has 1 fully saturated rings. The minimum Gasteiger partial charge on any atom is -0.469 e. The Morgan fingerprint density at radius 3 is 2.92 bits per heavy atom. The van der Waals surface area contributed by atoms with Crippen molar-refractivity contribution in [1.82, 2.24) is 4.90 Å². The third-order valence-electron chi connectivity index (χ3n) is 2.37. The van der Waals surface area contributed by atoms with Gasteiger partial charge in [0.2, 0.25) is 0 Å². The van der Waals surface area contributed by atoms with Crippen molar-refractivity contribution in [1.29, 1.82) is 0 Å². The summed E-state index contributed by atoms with van der Waals surface area (Å²) in [5.41, 5.74) is 5.79. The fourth-order valence-corrected chi connectivity index (χ4v) is 1.53. The molecule has 0 amide bonds. The summed E-state index contributed by atoms with van der Waals surface area (Å²) in [5, 5.41) is 0. The number of hydrogen-bond acceptors (Lipinski definition) is 4. The fourth-order valence-electron chi connectivity index (χ4n) is 1.53. The molecule has 0 aliphatic carbocycles. The molecule has 0 saturated carbocycles. The molecule has 0 aromatic heterocycles. The first-order valence-corrected chi connectivity index (χ1v) is 4.17. The molecule has 4 heteroatoms. The summed E-state index contributed by atoms with van der Waals surface area (Å²) in [6, 6.07) is -0.0337. The van der Waals surface area contributed by atoms with Crippen LogP contribution < -0.4 is 5.73 Å². The molecule has 1 saturated heterocycles. The van der Waals surface area contributed by atoms with Crippen LogP contribution in [0.25, 0.3) is 0 Å². The van der Waals surface area contributed by atoms with E-state index in [0.717, 1.165) is 13.0 Å². The summed E-state index contributed by atoms with van der Waals surface area (Å²) >= 11 is 0.